The number of aromatic nitrogens is 4. The fraction of sp³-hybridized carbons (Fsp3) is 0.176. The molecule has 3 rings (SSSR count). The number of benzene rings is 1. The Morgan fingerprint density at radius 2 is 1.92 bits per heavy atom. The molecule has 7 nitrogen and oxygen atoms in total. The molecule has 0 aliphatic carbocycles. The van der Waals surface area contributed by atoms with Crippen LogP contribution in [0, 0.1) is 0 Å². The van der Waals surface area contributed by atoms with Crippen LogP contribution in [0.25, 0.3) is 5.69 Å². The number of nitrogens with zero attached hydrogens (tertiary/aromatic N) is 5. The first-order valence-electron chi connectivity index (χ1n) is 7.71. The minimum Gasteiger partial charge on any atom is -0.370 e. The molecule has 0 amide bonds. The zero-order valence-electron chi connectivity index (χ0n) is 13.6. The van der Waals surface area contributed by atoms with E-state index in [0.717, 1.165) is 23.6 Å². The van der Waals surface area contributed by atoms with Gasteiger partial charge in [-0.1, -0.05) is 24.3 Å². The lowest BCUT2D eigenvalue weighted by Gasteiger charge is -2.06. The van der Waals surface area contributed by atoms with Gasteiger partial charge in [0, 0.05) is 30.5 Å². The number of aliphatic imine (C=N–C) groups is 1. The maximum Gasteiger partial charge on any atom is 0.189 e. The fourth-order valence-electron chi connectivity index (χ4n) is 2.25. The molecule has 0 radical (unpaired) electrons. The first-order valence-corrected chi connectivity index (χ1v) is 7.71. The van der Waals surface area contributed by atoms with Gasteiger partial charge in [-0.15, -0.1) is 34.2 Å². The van der Waals surface area contributed by atoms with Crippen molar-refractivity contribution in [3.05, 3.63) is 72.6 Å². The van der Waals surface area contributed by atoms with E-state index in [1.807, 2.05) is 53.1 Å². The van der Waals surface area contributed by atoms with Crippen molar-refractivity contribution in [2.45, 2.75) is 13.0 Å². The summed E-state index contributed by atoms with van der Waals surface area (Å²) < 4.78 is 1.89. The van der Waals surface area contributed by atoms with Crippen molar-refractivity contribution in [1.29, 1.82) is 0 Å². The maximum absolute atomic E-state index is 5.90. The van der Waals surface area contributed by atoms with Gasteiger partial charge in [0.15, 0.2) is 11.8 Å². The lowest BCUT2D eigenvalue weighted by atomic mass is 10.3. The summed E-state index contributed by atoms with van der Waals surface area (Å²) in [5.41, 5.74) is 7.91. The van der Waals surface area contributed by atoms with Crippen LogP contribution in [-0.4, -0.2) is 32.3 Å². The van der Waals surface area contributed by atoms with Crippen LogP contribution in [0.15, 0.2) is 66.0 Å². The van der Waals surface area contributed by atoms with E-state index in [9.17, 15) is 0 Å². The molecule has 0 fully saturated rings. The van der Waals surface area contributed by atoms with Crippen molar-refractivity contribution in [3.8, 4) is 5.69 Å². The molecule has 2 heterocycles. The van der Waals surface area contributed by atoms with Gasteiger partial charge in [-0.2, -0.15) is 0 Å². The number of hydrogen-bond acceptors (Lipinski definition) is 4. The largest absolute Gasteiger partial charge is 0.370 e. The van der Waals surface area contributed by atoms with Gasteiger partial charge in [-0.05, 0) is 24.3 Å². The zero-order valence-corrected chi connectivity index (χ0v) is 15.9. The minimum absolute atomic E-state index is 0. The van der Waals surface area contributed by atoms with Crippen LogP contribution in [0.2, 0.25) is 0 Å². The molecule has 0 atom stereocenters. The third-order valence-corrected chi connectivity index (χ3v) is 3.46. The third-order valence-electron chi connectivity index (χ3n) is 3.46. The Bertz CT molecular complexity index is 787. The van der Waals surface area contributed by atoms with E-state index in [1.54, 1.807) is 12.5 Å². The van der Waals surface area contributed by atoms with Gasteiger partial charge >= 0.3 is 0 Å². The quantitative estimate of drug-likeness (QED) is 0.341. The van der Waals surface area contributed by atoms with Gasteiger partial charge in [-0.3, -0.25) is 9.55 Å². The Labute approximate surface area is 163 Å². The molecule has 0 unspecified atom stereocenters. The van der Waals surface area contributed by atoms with Crippen LogP contribution in [0.5, 0.6) is 0 Å². The lowest BCUT2D eigenvalue weighted by molar-refractivity contribution is 0.811. The second-order valence-electron chi connectivity index (χ2n) is 5.15. The fourth-order valence-corrected chi connectivity index (χ4v) is 2.25. The van der Waals surface area contributed by atoms with Crippen LogP contribution >= 0.6 is 24.0 Å². The van der Waals surface area contributed by atoms with E-state index in [4.69, 9.17) is 5.73 Å². The summed E-state index contributed by atoms with van der Waals surface area (Å²) >= 11 is 0. The van der Waals surface area contributed by atoms with Gasteiger partial charge in [-0.25, -0.2) is 4.99 Å². The summed E-state index contributed by atoms with van der Waals surface area (Å²) in [7, 11) is 0. The van der Waals surface area contributed by atoms with Crippen LogP contribution < -0.4 is 11.1 Å². The summed E-state index contributed by atoms with van der Waals surface area (Å²) in [5, 5.41) is 11.1. The minimum atomic E-state index is 0. The van der Waals surface area contributed by atoms with E-state index in [-0.39, 0.29) is 24.0 Å². The van der Waals surface area contributed by atoms with Gasteiger partial charge in [0.2, 0.25) is 0 Å². The third kappa shape index (κ3) is 5.52. The molecule has 0 saturated heterocycles. The Kier molecular flexibility index (Phi) is 7.33. The average Bonchev–Trinajstić information content (AvgIpc) is 3.10. The van der Waals surface area contributed by atoms with Gasteiger partial charge in [0.05, 0.1) is 0 Å². The zero-order chi connectivity index (χ0) is 16.6. The number of para-hydroxylation sites is 1. The average molecular weight is 449 g/mol. The maximum atomic E-state index is 5.90. The summed E-state index contributed by atoms with van der Waals surface area (Å²) in [6, 6.07) is 15.7. The highest BCUT2D eigenvalue weighted by Gasteiger charge is 2.05. The highest BCUT2D eigenvalue weighted by Crippen LogP contribution is 2.09. The Hall–Kier alpha value is -2.49. The van der Waals surface area contributed by atoms with E-state index in [2.05, 4.69) is 25.5 Å². The summed E-state index contributed by atoms with van der Waals surface area (Å²) in [6.45, 7) is 1.04. The van der Waals surface area contributed by atoms with Crippen LogP contribution in [0.1, 0.15) is 11.5 Å². The highest BCUT2D eigenvalue weighted by atomic mass is 127. The number of nitrogens with two attached hydrogens (primary N) is 1. The van der Waals surface area contributed by atoms with Crippen LogP contribution in [0.3, 0.4) is 0 Å². The van der Waals surface area contributed by atoms with Gasteiger partial charge < -0.3 is 11.1 Å². The number of guanidine groups is 1. The van der Waals surface area contributed by atoms with Crippen molar-refractivity contribution in [2.24, 2.45) is 10.7 Å². The molecule has 0 aliphatic rings. The summed E-state index contributed by atoms with van der Waals surface area (Å²) in [6.07, 6.45) is 4.24. The molecule has 130 valence electrons. The number of rotatable bonds is 6. The number of pyridine rings is 1. The van der Waals surface area contributed by atoms with Crippen molar-refractivity contribution in [1.82, 2.24) is 25.1 Å². The monoisotopic (exact) mass is 449 g/mol. The molecule has 8 heteroatoms. The summed E-state index contributed by atoms with van der Waals surface area (Å²) in [4.78, 5) is 8.59. The second kappa shape index (κ2) is 9.72. The van der Waals surface area contributed by atoms with E-state index in [0.29, 0.717) is 19.0 Å². The molecule has 25 heavy (non-hydrogen) atoms. The van der Waals surface area contributed by atoms with Crippen molar-refractivity contribution < 1.29 is 0 Å². The van der Waals surface area contributed by atoms with Gasteiger partial charge in [0.1, 0.15) is 12.9 Å². The predicted octanol–water partition coefficient (Wildman–Crippen LogP) is 1.93. The number of nitrogens with one attached hydrogen (secondary N) is 1. The van der Waals surface area contributed by atoms with Crippen molar-refractivity contribution >= 4 is 29.9 Å². The number of halogens is 1. The molecule has 3 aromatic rings. The first kappa shape index (κ1) is 18.8. The van der Waals surface area contributed by atoms with E-state index < -0.39 is 0 Å². The normalized spacial score (nSPS) is 11.0. The predicted molar refractivity (Wildman–Crippen MR) is 108 cm³/mol. The van der Waals surface area contributed by atoms with Crippen molar-refractivity contribution in [2.75, 3.05) is 6.54 Å². The molecule has 0 bridgehead atoms. The van der Waals surface area contributed by atoms with Crippen LogP contribution in [-0.2, 0) is 13.0 Å². The Balaban J connectivity index is 0.00000225. The number of hydrogen-bond donors (Lipinski definition) is 2. The smallest absolute Gasteiger partial charge is 0.189 e. The topological polar surface area (TPSA) is 94.0 Å². The molecule has 0 spiro atoms. The molecule has 2 aromatic heterocycles. The molecule has 1 aromatic carbocycles. The SMILES string of the molecule is I.NC(=NCc1nncn1-c1ccccc1)NCCc1ccccn1. The molecule has 0 aliphatic heterocycles. The molecule has 0 saturated carbocycles. The lowest BCUT2D eigenvalue weighted by Crippen LogP contribution is -2.33. The van der Waals surface area contributed by atoms with Gasteiger partial charge in [0.25, 0.3) is 0 Å². The Morgan fingerprint density at radius 1 is 1.12 bits per heavy atom. The summed E-state index contributed by atoms with van der Waals surface area (Å²) in [5.74, 6) is 1.12. The second-order valence-corrected chi connectivity index (χ2v) is 5.15. The molecular formula is C17H20IN7. The van der Waals surface area contributed by atoms with Crippen molar-refractivity contribution in [3.63, 3.8) is 0 Å². The van der Waals surface area contributed by atoms with E-state index >= 15 is 0 Å². The molecule has 3 N–H and O–H groups in total. The van der Waals surface area contributed by atoms with Crippen LogP contribution in [0.4, 0.5) is 0 Å². The Morgan fingerprint density at radius 3 is 2.68 bits per heavy atom. The standard InChI is InChI=1S/C17H19N7.HI/c18-17(20-11-9-14-6-4-5-10-19-14)21-12-16-23-22-13-24(16)15-7-2-1-3-8-15;/h1-8,10,13H,9,11-12H2,(H3,18,20,21);1H. The first-order chi connectivity index (χ1) is 11.8. The van der Waals surface area contributed by atoms with E-state index in [1.165, 1.54) is 0 Å². The highest BCUT2D eigenvalue weighted by molar-refractivity contribution is 14.0. The molecular weight excluding hydrogens is 429 g/mol.